The van der Waals surface area contributed by atoms with E-state index >= 15 is 0 Å². The third-order valence-electron chi connectivity index (χ3n) is 3.92. The van der Waals surface area contributed by atoms with Crippen LogP contribution in [0.4, 0.5) is 5.69 Å². The molecule has 100 valence electrons. The molecule has 0 aromatic heterocycles. The quantitative estimate of drug-likeness (QED) is 0.867. The fourth-order valence-electron chi connectivity index (χ4n) is 2.83. The molecule has 0 amide bonds. The van der Waals surface area contributed by atoms with Gasteiger partial charge in [0.15, 0.2) is 0 Å². The molecule has 1 aliphatic carbocycles. The van der Waals surface area contributed by atoms with Gasteiger partial charge in [0.2, 0.25) is 0 Å². The van der Waals surface area contributed by atoms with E-state index in [1.54, 1.807) is 0 Å². The molecule has 0 aliphatic heterocycles. The summed E-state index contributed by atoms with van der Waals surface area (Å²) in [5.74, 6) is 0. The Kier molecular flexibility index (Phi) is 4.52. The highest BCUT2D eigenvalue weighted by Gasteiger charge is 2.20. The Bertz CT molecular complexity index is 386. The SMILES string of the molecule is CNC1CCC(Nc2c(C)cc(C)cc2Cl)CC1. The molecule has 2 nitrogen and oxygen atoms in total. The van der Waals surface area contributed by atoms with Gasteiger partial charge in [0.25, 0.3) is 0 Å². The minimum absolute atomic E-state index is 0.563. The average Bonchev–Trinajstić information content (AvgIpc) is 2.34. The van der Waals surface area contributed by atoms with E-state index in [4.69, 9.17) is 11.6 Å². The van der Waals surface area contributed by atoms with Crippen LogP contribution in [0.1, 0.15) is 36.8 Å². The van der Waals surface area contributed by atoms with Crippen LogP contribution in [0.25, 0.3) is 0 Å². The molecule has 1 fully saturated rings. The molecule has 0 saturated heterocycles. The van der Waals surface area contributed by atoms with E-state index in [1.807, 2.05) is 6.07 Å². The second kappa shape index (κ2) is 5.94. The Morgan fingerprint density at radius 3 is 2.22 bits per heavy atom. The van der Waals surface area contributed by atoms with Gasteiger partial charge in [-0.05, 0) is 63.8 Å². The highest BCUT2D eigenvalue weighted by atomic mass is 35.5. The van der Waals surface area contributed by atoms with Crippen molar-refractivity contribution in [2.24, 2.45) is 0 Å². The standard InChI is InChI=1S/C15H23ClN2/c1-10-8-11(2)15(14(16)9-10)18-13-6-4-12(17-3)5-7-13/h8-9,12-13,17-18H,4-7H2,1-3H3. The van der Waals surface area contributed by atoms with Gasteiger partial charge in [-0.2, -0.15) is 0 Å². The molecule has 0 bridgehead atoms. The molecule has 3 heteroatoms. The summed E-state index contributed by atoms with van der Waals surface area (Å²) >= 11 is 6.34. The summed E-state index contributed by atoms with van der Waals surface area (Å²) in [5.41, 5.74) is 3.59. The summed E-state index contributed by atoms with van der Waals surface area (Å²) in [7, 11) is 2.05. The monoisotopic (exact) mass is 266 g/mol. The molecule has 0 atom stereocenters. The minimum Gasteiger partial charge on any atom is -0.381 e. The second-order valence-electron chi connectivity index (χ2n) is 5.42. The van der Waals surface area contributed by atoms with Crippen molar-refractivity contribution in [3.8, 4) is 0 Å². The fraction of sp³-hybridized carbons (Fsp3) is 0.600. The van der Waals surface area contributed by atoms with Gasteiger partial charge in [0.05, 0.1) is 10.7 Å². The molecule has 18 heavy (non-hydrogen) atoms. The molecule has 0 radical (unpaired) electrons. The van der Waals surface area contributed by atoms with Crippen molar-refractivity contribution in [3.05, 3.63) is 28.3 Å². The van der Waals surface area contributed by atoms with Crippen molar-refractivity contribution >= 4 is 17.3 Å². The van der Waals surface area contributed by atoms with Gasteiger partial charge in [0.1, 0.15) is 0 Å². The Hall–Kier alpha value is -0.730. The molecule has 0 unspecified atom stereocenters. The van der Waals surface area contributed by atoms with Gasteiger partial charge < -0.3 is 10.6 Å². The lowest BCUT2D eigenvalue weighted by atomic mass is 9.91. The summed E-state index contributed by atoms with van der Waals surface area (Å²) in [4.78, 5) is 0. The average molecular weight is 267 g/mol. The first-order valence-electron chi connectivity index (χ1n) is 6.80. The molecule has 0 spiro atoms. The summed E-state index contributed by atoms with van der Waals surface area (Å²) < 4.78 is 0. The Morgan fingerprint density at radius 1 is 1.06 bits per heavy atom. The van der Waals surface area contributed by atoms with E-state index < -0.39 is 0 Å². The first-order chi connectivity index (χ1) is 8.60. The summed E-state index contributed by atoms with van der Waals surface area (Å²) in [6, 6.07) is 5.48. The maximum absolute atomic E-state index is 6.34. The highest BCUT2D eigenvalue weighted by Crippen LogP contribution is 2.30. The van der Waals surface area contributed by atoms with Crippen LogP contribution in [-0.4, -0.2) is 19.1 Å². The smallest absolute Gasteiger partial charge is 0.0642 e. The lowest BCUT2D eigenvalue weighted by Gasteiger charge is -2.30. The van der Waals surface area contributed by atoms with Crippen LogP contribution in [0.2, 0.25) is 5.02 Å². The van der Waals surface area contributed by atoms with E-state index in [2.05, 4.69) is 37.6 Å². The molecule has 1 aliphatic rings. The van der Waals surface area contributed by atoms with Crippen LogP contribution in [0.3, 0.4) is 0 Å². The normalized spacial score (nSPS) is 24.0. The highest BCUT2D eigenvalue weighted by molar-refractivity contribution is 6.33. The van der Waals surface area contributed by atoms with Gasteiger partial charge in [-0.1, -0.05) is 17.7 Å². The molecule has 1 aromatic rings. The third-order valence-corrected chi connectivity index (χ3v) is 4.21. The van der Waals surface area contributed by atoms with E-state index in [0.29, 0.717) is 12.1 Å². The first-order valence-corrected chi connectivity index (χ1v) is 7.18. The number of hydrogen-bond acceptors (Lipinski definition) is 2. The number of rotatable bonds is 3. The van der Waals surface area contributed by atoms with Crippen LogP contribution in [0, 0.1) is 13.8 Å². The van der Waals surface area contributed by atoms with E-state index in [9.17, 15) is 0 Å². The second-order valence-corrected chi connectivity index (χ2v) is 5.83. The van der Waals surface area contributed by atoms with Crippen molar-refractivity contribution in [1.29, 1.82) is 0 Å². The number of hydrogen-bond donors (Lipinski definition) is 2. The zero-order valence-corrected chi connectivity index (χ0v) is 12.3. The molecule has 2 rings (SSSR count). The van der Waals surface area contributed by atoms with Crippen molar-refractivity contribution in [2.45, 2.75) is 51.6 Å². The molecular formula is C15H23ClN2. The zero-order valence-electron chi connectivity index (χ0n) is 11.5. The first kappa shape index (κ1) is 13.7. The summed E-state index contributed by atoms with van der Waals surface area (Å²) in [6.45, 7) is 4.21. The van der Waals surface area contributed by atoms with Crippen LogP contribution in [0.15, 0.2) is 12.1 Å². The van der Waals surface area contributed by atoms with E-state index in [-0.39, 0.29) is 0 Å². The third kappa shape index (κ3) is 3.18. The predicted octanol–water partition coefficient (Wildman–Crippen LogP) is 3.90. The molecule has 1 saturated carbocycles. The summed E-state index contributed by atoms with van der Waals surface area (Å²) in [6.07, 6.45) is 4.93. The Balaban J connectivity index is 2.02. The number of halogens is 1. The predicted molar refractivity (Wildman–Crippen MR) is 79.7 cm³/mol. The Labute approximate surface area is 115 Å². The molecule has 2 N–H and O–H groups in total. The van der Waals surface area contributed by atoms with Gasteiger partial charge in [-0.3, -0.25) is 0 Å². The number of aryl methyl sites for hydroxylation is 2. The van der Waals surface area contributed by atoms with Crippen LogP contribution in [-0.2, 0) is 0 Å². The van der Waals surface area contributed by atoms with Crippen molar-refractivity contribution in [2.75, 3.05) is 12.4 Å². The maximum Gasteiger partial charge on any atom is 0.0642 e. The largest absolute Gasteiger partial charge is 0.381 e. The molecule has 1 aromatic carbocycles. The number of anilines is 1. The number of nitrogens with one attached hydrogen (secondary N) is 2. The topological polar surface area (TPSA) is 24.1 Å². The van der Waals surface area contributed by atoms with E-state index in [0.717, 1.165) is 10.7 Å². The van der Waals surface area contributed by atoms with Crippen LogP contribution >= 0.6 is 11.6 Å². The van der Waals surface area contributed by atoms with Gasteiger partial charge in [-0.25, -0.2) is 0 Å². The van der Waals surface area contributed by atoms with Crippen LogP contribution < -0.4 is 10.6 Å². The minimum atomic E-state index is 0.563. The maximum atomic E-state index is 6.34. The van der Waals surface area contributed by atoms with Gasteiger partial charge >= 0.3 is 0 Å². The summed E-state index contributed by atoms with van der Waals surface area (Å²) in [5, 5.41) is 7.84. The lowest BCUT2D eigenvalue weighted by molar-refractivity contribution is 0.371. The lowest BCUT2D eigenvalue weighted by Crippen LogP contribution is -2.35. The number of benzene rings is 1. The Morgan fingerprint density at radius 2 is 1.67 bits per heavy atom. The van der Waals surface area contributed by atoms with Gasteiger partial charge in [-0.15, -0.1) is 0 Å². The molecular weight excluding hydrogens is 244 g/mol. The van der Waals surface area contributed by atoms with Gasteiger partial charge in [0, 0.05) is 12.1 Å². The van der Waals surface area contributed by atoms with Crippen LogP contribution in [0.5, 0.6) is 0 Å². The van der Waals surface area contributed by atoms with Crippen molar-refractivity contribution < 1.29 is 0 Å². The fourth-order valence-corrected chi connectivity index (χ4v) is 3.20. The van der Waals surface area contributed by atoms with E-state index in [1.165, 1.54) is 36.8 Å². The molecule has 0 heterocycles. The van der Waals surface area contributed by atoms with Crippen molar-refractivity contribution in [1.82, 2.24) is 5.32 Å². The van der Waals surface area contributed by atoms with Crippen molar-refractivity contribution in [3.63, 3.8) is 0 Å². The zero-order chi connectivity index (χ0) is 13.1.